The highest BCUT2D eigenvalue weighted by Gasteiger charge is 2.28. The number of halogens is 4. The molecule has 33 heavy (non-hydrogen) atoms. The molecule has 4 nitrogen and oxygen atoms in total. The molecule has 1 aliphatic rings. The highest BCUT2D eigenvalue weighted by molar-refractivity contribution is 7.99. The highest BCUT2D eigenvalue weighted by atomic mass is 35.5. The maximum atomic E-state index is 13.2. The van der Waals surface area contributed by atoms with Gasteiger partial charge in [-0.3, -0.25) is 9.59 Å². The summed E-state index contributed by atoms with van der Waals surface area (Å²) in [5, 5.41) is 5.21. The van der Waals surface area contributed by atoms with Gasteiger partial charge in [0.2, 0.25) is 11.8 Å². The van der Waals surface area contributed by atoms with Crippen molar-refractivity contribution in [1.82, 2.24) is 10.2 Å². The number of carbonyl (C=O) groups is 2. The van der Waals surface area contributed by atoms with Crippen LogP contribution in [-0.2, 0) is 21.9 Å². The summed E-state index contributed by atoms with van der Waals surface area (Å²) in [4.78, 5) is 27.8. The zero-order valence-electron chi connectivity index (χ0n) is 18.3. The van der Waals surface area contributed by atoms with Crippen LogP contribution in [0.4, 0.5) is 0 Å². The van der Waals surface area contributed by atoms with Gasteiger partial charge in [0.05, 0.1) is 5.75 Å². The normalized spacial score (nSPS) is 14.8. The number of benzene rings is 2. The predicted molar refractivity (Wildman–Crippen MR) is 139 cm³/mol. The number of nitrogens with zero attached hydrogens (tertiary/aromatic N) is 1. The molecule has 1 N–H and O–H groups in total. The van der Waals surface area contributed by atoms with Gasteiger partial charge in [-0.25, -0.2) is 0 Å². The fraction of sp³-hybridized carbons (Fsp3) is 0.417. The number of hydrogen-bond donors (Lipinski definition) is 1. The minimum atomic E-state index is -0.635. The Labute approximate surface area is 219 Å². The summed E-state index contributed by atoms with van der Waals surface area (Å²) in [5.74, 6) is 0.460. The number of amides is 2. The molecule has 0 radical (unpaired) electrons. The lowest BCUT2D eigenvalue weighted by Crippen LogP contribution is -2.50. The van der Waals surface area contributed by atoms with E-state index in [9.17, 15) is 9.59 Å². The van der Waals surface area contributed by atoms with E-state index in [4.69, 9.17) is 46.4 Å². The van der Waals surface area contributed by atoms with Gasteiger partial charge in [0.25, 0.3) is 0 Å². The van der Waals surface area contributed by atoms with Crippen LogP contribution in [0.1, 0.15) is 43.7 Å². The average Bonchev–Trinajstić information content (AvgIpc) is 3.27. The molecule has 1 aliphatic carbocycles. The summed E-state index contributed by atoms with van der Waals surface area (Å²) >= 11 is 26.0. The molecule has 0 heterocycles. The average molecular weight is 548 g/mol. The minimum absolute atomic E-state index is 0.147. The molecule has 3 rings (SSSR count). The Kier molecular flexibility index (Phi) is 10.1. The number of nitrogens with one attached hydrogen (secondary N) is 1. The topological polar surface area (TPSA) is 49.4 Å². The van der Waals surface area contributed by atoms with E-state index >= 15 is 0 Å². The second kappa shape index (κ2) is 12.6. The van der Waals surface area contributed by atoms with Gasteiger partial charge in [0.1, 0.15) is 6.04 Å². The number of thioether (sulfide) groups is 1. The fourth-order valence-electron chi connectivity index (χ4n) is 3.78. The van der Waals surface area contributed by atoms with Crippen LogP contribution in [0, 0.1) is 0 Å². The van der Waals surface area contributed by atoms with E-state index < -0.39 is 6.04 Å². The molecule has 0 unspecified atom stereocenters. The molecule has 0 aromatic heterocycles. The molecule has 0 aliphatic heterocycles. The van der Waals surface area contributed by atoms with Crippen LogP contribution in [-0.4, -0.2) is 34.6 Å². The van der Waals surface area contributed by atoms with Crippen molar-refractivity contribution in [3.05, 3.63) is 67.6 Å². The van der Waals surface area contributed by atoms with Crippen molar-refractivity contribution in [2.45, 2.75) is 57.0 Å². The molecule has 2 aromatic rings. The second-order valence-electron chi connectivity index (χ2n) is 8.15. The largest absolute Gasteiger partial charge is 0.352 e. The first-order chi connectivity index (χ1) is 15.7. The van der Waals surface area contributed by atoms with Gasteiger partial charge >= 0.3 is 0 Å². The summed E-state index contributed by atoms with van der Waals surface area (Å²) in [6.45, 7) is 1.98. The maximum absolute atomic E-state index is 13.2. The summed E-state index contributed by atoms with van der Waals surface area (Å²) in [7, 11) is 0. The van der Waals surface area contributed by atoms with E-state index in [2.05, 4.69) is 5.32 Å². The quantitative estimate of drug-likeness (QED) is 0.367. The van der Waals surface area contributed by atoms with Gasteiger partial charge in [0, 0.05) is 38.4 Å². The van der Waals surface area contributed by atoms with Crippen molar-refractivity contribution >= 4 is 70.0 Å². The molecule has 0 spiro atoms. The van der Waals surface area contributed by atoms with Crippen LogP contribution >= 0.6 is 58.2 Å². The van der Waals surface area contributed by atoms with E-state index in [-0.39, 0.29) is 30.2 Å². The van der Waals surface area contributed by atoms with Gasteiger partial charge in [-0.05, 0) is 55.2 Å². The molecule has 2 aromatic carbocycles. The molecule has 178 valence electrons. The Bertz CT molecular complexity index is 998. The Hall–Kier alpha value is -1.11. The predicted octanol–water partition coefficient (Wildman–Crippen LogP) is 7.01. The fourth-order valence-corrected chi connectivity index (χ4v) is 5.71. The Morgan fingerprint density at radius 2 is 1.58 bits per heavy atom. The third-order valence-corrected chi connectivity index (χ3v) is 7.86. The molecule has 1 atom stereocenters. The van der Waals surface area contributed by atoms with Crippen molar-refractivity contribution in [1.29, 1.82) is 0 Å². The summed E-state index contributed by atoms with van der Waals surface area (Å²) < 4.78 is 0. The van der Waals surface area contributed by atoms with Crippen LogP contribution in [0.25, 0.3) is 0 Å². The Morgan fingerprint density at radius 1 is 1.00 bits per heavy atom. The van der Waals surface area contributed by atoms with Crippen LogP contribution in [0.2, 0.25) is 20.1 Å². The lowest BCUT2D eigenvalue weighted by atomic mass is 10.1. The molecule has 1 fully saturated rings. The minimum Gasteiger partial charge on any atom is -0.352 e. The number of hydrogen-bond acceptors (Lipinski definition) is 3. The zero-order valence-corrected chi connectivity index (χ0v) is 22.1. The SMILES string of the molecule is C[C@H](C(=O)NC1CCCC1)N(Cc1ccc(Cl)cc1Cl)C(=O)CSCc1ccc(Cl)cc1Cl. The monoisotopic (exact) mass is 546 g/mol. The zero-order chi connectivity index (χ0) is 24.0. The standard InChI is InChI=1S/C24H26Cl4N2O2S/c1-15(24(32)29-20-4-2-3-5-20)30(12-16-6-8-18(25)10-21(16)27)23(31)14-33-13-17-7-9-19(26)11-22(17)28/h6-11,15,20H,2-5,12-14H2,1H3,(H,29,32)/t15-/m1/s1. The van der Waals surface area contributed by atoms with E-state index in [1.54, 1.807) is 42.2 Å². The van der Waals surface area contributed by atoms with Crippen molar-refractivity contribution in [2.24, 2.45) is 0 Å². The van der Waals surface area contributed by atoms with E-state index in [1.165, 1.54) is 11.8 Å². The van der Waals surface area contributed by atoms with Crippen LogP contribution in [0.5, 0.6) is 0 Å². The van der Waals surface area contributed by atoms with Crippen LogP contribution < -0.4 is 5.32 Å². The van der Waals surface area contributed by atoms with Gasteiger partial charge in [-0.2, -0.15) is 0 Å². The van der Waals surface area contributed by atoms with Crippen molar-refractivity contribution in [3.8, 4) is 0 Å². The first-order valence-corrected chi connectivity index (χ1v) is 13.5. The van der Waals surface area contributed by atoms with Crippen LogP contribution in [0.3, 0.4) is 0 Å². The van der Waals surface area contributed by atoms with Gasteiger partial charge in [-0.15, -0.1) is 11.8 Å². The van der Waals surface area contributed by atoms with E-state index in [1.807, 2.05) is 6.07 Å². The second-order valence-corrected chi connectivity index (χ2v) is 10.8. The number of rotatable bonds is 9. The molecule has 9 heteroatoms. The highest BCUT2D eigenvalue weighted by Crippen LogP contribution is 2.27. The summed E-state index contributed by atoms with van der Waals surface area (Å²) in [6, 6.07) is 10.0. The third kappa shape index (κ3) is 7.69. The first-order valence-electron chi connectivity index (χ1n) is 10.8. The number of carbonyl (C=O) groups excluding carboxylic acids is 2. The van der Waals surface area contributed by atoms with Crippen LogP contribution in [0.15, 0.2) is 36.4 Å². The molecule has 0 bridgehead atoms. The van der Waals surface area contributed by atoms with Crippen molar-refractivity contribution < 1.29 is 9.59 Å². The van der Waals surface area contributed by atoms with Gasteiger partial charge < -0.3 is 10.2 Å². The molecule has 2 amide bonds. The Morgan fingerprint density at radius 3 is 2.15 bits per heavy atom. The lowest BCUT2D eigenvalue weighted by molar-refractivity contribution is -0.138. The molecular weight excluding hydrogens is 522 g/mol. The van der Waals surface area contributed by atoms with Crippen molar-refractivity contribution in [2.75, 3.05) is 5.75 Å². The first kappa shape index (κ1) is 26.5. The molecular formula is C24H26Cl4N2O2S. The third-order valence-electron chi connectivity index (χ3n) is 5.72. The summed E-state index contributed by atoms with van der Waals surface area (Å²) in [5.41, 5.74) is 1.64. The smallest absolute Gasteiger partial charge is 0.242 e. The van der Waals surface area contributed by atoms with Gasteiger partial charge in [-0.1, -0.05) is 71.4 Å². The summed E-state index contributed by atoms with van der Waals surface area (Å²) in [6.07, 6.45) is 4.19. The maximum Gasteiger partial charge on any atom is 0.242 e. The van der Waals surface area contributed by atoms with E-state index in [0.29, 0.717) is 25.8 Å². The molecule has 1 saturated carbocycles. The molecule has 0 saturated heterocycles. The van der Waals surface area contributed by atoms with Gasteiger partial charge in [0.15, 0.2) is 0 Å². The van der Waals surface area contributed by atoms with Crippen molar-refractivity contribution in [3.63, 3.8) is 0 Å². The van der Waals surface area contributed by atoms with E-state index in [0.717, 1.165) is 36.8 Å². The lowest BCUT2D eigenvalue weighted by Gasteiger charge is -2.30. The Balaban J connectivity index is 1.70.